The van der Waals surface area contributed by atoms with E-state index in [2.05, 4.69) is 20.6 Å². The third-order valence-electron chi connectivity index (χ3n) is 3.31. The predicted molar refractivity (Wildman–Crippen MR) is 87.9 cm³/mol. The molecule has 0 fully saturated rings. The Morgan fingerprint density at radius 3 is 2.40 bits per heavy atom. The van der Waals surface area contributed by atoms with Crippen molar-refractivity contribution in [1.29, 1.82) is 0 Å². The Morgan fingerprint density at radius 1 is 0.880 bits per heavy atom. The highest BCUT2D eigenvalue weighted by Crippen LogP contribution is 2.25. The van der Waals surface area contributed by atoms with Crippen molar-refractivity contribution >= 4 is 23.0 Å². The number of aromatic nitrogens is 2. The van der Waals surface area contributed by atoms with Gasteiger partial charge in [0.25, 0.3) is 0 Å². The summed E-state index contributed by atoms with van der Waals surface area (Å²) in [5, 5.41) is 5.63. The van der Waals surface area contributed by atoms with Crippen molar-refractivity contribution in [2.45, 2.75) is 0 Å². The van der Waals surface area contributed by atoms with Crippen molar-refractivity contribution in [3.63, 3.8) is 0 Å². The number of halogens is 3. The first-order chi connectivity index (χ1) is 12.1. The second-order valence-electron chi connectivity index (χ2n) is 4.99. The zero-order chi connectivity index (χ0) is 17.8. The summed E-state index contributed by atoms with van der Waals surface area (Å²) < 4.78 is 45.1. The lowest BCUT2D eigenvalue weighted by molar-refractivity contribution is 0.415. The average Bonchev–Trinajstić information content (AvgIpc) is 2.63. The molecular weight excluding hydrogens is 333 g/mol. The summed E-state index contributed by atoms with van der Waals surface area (Å²) >= 11 is 0. The molecule has 0 aliphatic rings. The van der Waals surface area contributed by atoms with E-state index in [-0.39, 0.29) is 11.5 Å². The van der Waals surface area contributed by atoms with E-state index >= 15 is 0 Å². The van der Waals surface area contributed by atoms with Crippen LogP contribution in [0.4, 0.5) is 36.2 Å². The van der Waals surface area contributed by atoms with E-state index in [4.69, 9.17) is 4.74 Å². The summed E-state index contributed by atoms with van der Waals surface area (Å²) in [5.41, 5.74) is 0.493. The quantitative estimate of drug-likeness (QED) is 0.671. The molecule has 0 saturated carbocycles. The van der Waals surface area contributed by atoms with Crippen LogP contribution >= 0.6 is 0 Å². The Balaban J connectivity index is 1.81. The van der Waals surface area contributed by atoms with E-state index < -0.39 is 17.5 Å². The molecule has 3 rings (SSSR count). The first kappa shape index (κ1) is 16.6. The summed E-state index contributed by atoms with van der Waals surface area (Å²) in [6, 6.07) is 10.6. The Bertz CT molecular complexity index is 905. The van der Waals surface area contributed by atoms with Crippen molar-refractivity contribution in [2.24, 2.45) is 0 Å². The largest absolute Gasteiger partial charge is 0.497 e. The molecule has 0 bridgehead atoms. The fourth-order valence-electron chi connectivity index (χ4n) is 2.10. The van der Waals surface area contributed by atoms with Gasteiger partial charge < -0.3 is 15.4 Å². The molecule has 3 aromatic rings. The maximum atomic E-state index is 13.7. The number of ether oxygens (including phenoxy) is 1. The SMILES string of the molecule is COc1cccc(Nc2cc(Nc3ccc(F)c(F)c3F)ncn2)c1. The van der Waals surface area contributed by atoms with Gasteiger partial charge in [0.1, 0.15) is 23.7 Å². The maximum absolute atomic E-state index is 13.7. The summed E-state index contributed by atoms with van der Waals surface area (Å²) in [6.45, 7) is 0. The van der Waals surface area contributed by atoms with Crippen LogP contribution in [0.3, 0.4) is 0 Å². The Hall–Kier alpha value is -3.29. The molecule has 8 heteroatoms. The first-order valence-electron chi connectivity index (χ1n) is 7.20. The monoisotopic (exact) mass is 346 g/mol. The van der Waals surface area contributed by atoms with Crippen molar-refractivity contribution in [1.82, 2.24) is 9.97 Å². The normalized spacial score (nSPS) is 10.4. The highest BCUT2D eigenvalue weighted by atomic mass is 19.2. The summed E-state index contributed by atoms with van der Waals surface area (Å²) in [6.07, 6.45) is 1.25. The van der Waals surface area contributed by atoms with Crippen LogP contribution in [0.5, 0.6) is 5.75 Å². The van der Waals surface area contributed by atoms with Crippen molar-refractivity contribution in [3.05, 3.63) is 66.2 Å². The molecule has 5 nitrogen and oxygen atoms in total. The molecule has 0 aliphatic heterocycles. The van der Waals surface area contributed by atoms with Gasteiger partial charge in [-0.2, -0.15) is 0 Å². The number of nitrogens with one attached hydrogen (secondary N) is 2. The predicted octanol–water partition coefficient (Wildman–Crippen LogP) is 4.39. The average molecular weight is 346 g/mol. The van der Waals surface area contributed by atoms with Crippen LogP contribution in [0, 0.1) is 17.5 Å². The molecule has 0 atom stereocenters. The van der Waals surface area contributed by atoms with Crippen LogP contribution in [0.15, 0.2) is 48.8 Å². The number of anilines is 4. The van der Waals surface area contributed by atoms with Crippen LogP contribution in [-0.4, -0.2) is 17.1 Å². The molecule has 128 valence electrons. The van der Waals surface area contributed by atoms with Crippen molar-refractivity contribution < 1.29 is 17.9 Å². The first-order valence-corrected chi connectivity index (χ1v) is 7.20. The van der Waals surface area contributed by atoms with Gasteiger partial charge in [0.15, 0.2) is 17.5 Å². The Kier molecular flexibility index (Phi) is 4.69. The zero-order valence-corrected chi connectivity index (χ0v) is 13.1. The topological polar surface area (TPSA) is 59.1 Å². The van der Waals surface area contributed by atoms with Gasteiger partial charge in [-0.1, -0.05) is 6.07 Å². The summed E-state index contributed by atoms with van der Waals surface area (Å²) in [7, 11) is 1.56. The molecule has 0 saturated heterocycles. The molecule has 0 amide bonds. The van der Waals surface area contributed by atoms with Crippen molar-refractivity contribution in [3.8, 4) is 5.75 Å². The minimum atomic E-state index is -1.55. The fraction of sp³-hybridized carbons (Fsp3) is 0.0588. The smallest absolute Gasteiger partial charge is 0.196 e. The minimum Gasteiger partial charge on any atom is -0.497 e. The lowest BCUT2D eigenvalue weighted by Gasteiger charge is -2.10. The third kappa shape index (κ3) is 3.79. The third-order valence-corrected chi connectivity index (χ3v) is 3.31. The molecule has 25 heavy (non-hydrogen) atoms. The molecule has 2 aromatic carbocycles. The summed E-state index contributed by atoms with van der Waals surface area (Å²) in [4.78, 5) is 7.99. The van der Waals surface area contributed by atoms with Crippen LogP contribution in [0.1, 0.15) is 0 Å². The van der Waals surface area contributed by atoms with Crippen LogP contribution in [-0.2, 0) is 0 Å². The van der Waals surface area contributed by atoms with E-state index in [0.29, 0.717) is 11.6 Å². The number of rotatable bonds is 5. The fourth-order valence-corrected chi connectivity index (χ4v) is 2.10. The van der Waals surface area contributed by atoms with Crippen molar-refractivity contribution in [2.75, 3.05) is 17.7 Å². The molecule has 0 radical (unpaired) electrons. The van der Waals surface area contributed by atoms with Crippen LogP contribution in [0.25, 0.3) is 0 Å². The van der Waals surface area contributed by atoms with Crippen LogP contribution in [0.2, 0.25) is 0 Å². The second kappa shape index (κ2) is 7.08. The molecule has 0 aliphatic carbocycles. The molecule has 1 heterocycles. The van der Waals surface area contributed by atoms with Gasteiger partial charge in [0.2, 0.25) is 0 Å². The molecular formula is C17H13F3N4O. The van der Waals surface area contributed by atoms with Gasteiger partial charge >= 0.3 is 0 Å². The van der Waals surface area contributed by atoms with E-state index in [1.807, 2.05) is 6.07 Å². The number of benzene rings is 2. The second-order valence-corrected chi connectivity index (χ2v) is 4.99. The number of hydrogen-bond acceptors (Lipinski definition) is 5. The van der Waals surface area contributed by atoms with Gasteiger partial charge in [-0.25, -0.2) is 23.1 Å². The number of nitrogens with zero attached hydrogens (tertiary/aromatic N) is 2. The maximum Gasteiger partial charge on any atom is 0.196 e. The Morgan fingerprint density at radius 2 is 1.64 bits per heavy atom. The molecule has 0 unspecified atom stereocenters. The van der Waals surface area contributed by atoms with E-state index in [1.165, 1.54) is 12.4 Å². The lowest BCUT2D eigenvalue weighted by Crippen LogP contribution is -2.02. The van der Waals surface area contributed by atoms with Gasteiger partial charge in [-0.05, 0) is 24.3 Å². The van der Waals surface area contributed by atoms with Crippen LogP contribution < -0.4 is 15.4 Å². The minimum absolute atomic E-state index is 0.213. The highest BCUT2D eigenvalue weighted by Gasteiger charge is 2.14. The molecule has 0 spiro atoms. The van der Waals surface area contributed by atoms with Gasteiger partial charge in [-0.15, -0.1) is 0 Å². The zero-order valence-electron chi connectivity index (χ0n) is 13.1. The Labute approximate surface area is 141 Å². The highest BCUT2D eigenvalue weighted by molar-refractivity contribution is 5.63. The van der Waals surface area contributed by atoms with E-state index in [1.54, 1.807) is 25.3 Å². The van der Waals surface area contributed by atoms with E-state index in [0.717, 1.165) is 17.8 Å². The lowest BCUT2D eigenvalue weighted by atomic mass is 10.2. The number of methoxy groups -OCH3 is 1. The van der Waals surface area contributed by atoms with Gasteiger partial charge in [-0.3, -0.25) is 0 Å². The summed E-state index contributed by atoms with van der Waals surface area (Å²) in [5.74, 6) is -2.82. The van der Waals surface area contributed by atoms with Gasteiger partial charge in [0, 0.05) is 17.8 Å². The molecule has 2 N–H and O–H groups in total. The number of hydrogen-bond donors (Lipinski definition) is 2. The molecule has 1 aromatic heterocycles. The van der Waals surface area contributed by atoms with Gasteiger partial charge in [0.05, 0.1) is 12.8 Å². The standard InChI is InChI=1S/C17H13F3N4O/c1-25-11-4-2-3-10(7-11)23-14-8-15(22-9-21-14)24-13-6-5-12(18)16(19)17(13)20/h2-9H,1H3,(H2,21,22,23,24). The van der Waals surface area contributed by atoms with E-state index in [9.17, 15) is 13.2 Å².